The molecule has 2 aromatic rings. The predicted molar refractivity (Wildman–Crippen MR) is 155 cm³/mol. The molecule has 2 aromatic carbocycles. The first-order valence-corrected chi connectivity index (χ1v) is 15.5. The van der Waals surface area contributed by atoms with Crippen LogP contribution in [0.15, 0.2) is 47.4 Å². The van der Waals surface area contributed by atoms with Crippen molar-refractivity contribution in [2.24, 2.45) is 11.8 Å². The first-order chi connectivity index (χ1) is 19.4. The maximum Gasteiger partial charge on any atom is 0.253 e. The molecule has 0 aliphatic carbocycles. The molecule has 0 aromatic heterocycles. The molecule has 0 radical (unpaired) electrons. The highest BCUT2D eigenvalue weighted by Gasteiger charge is 2.39. The van der Waals surface area contributed by atoms with Crippen molar-refractivity contribution in [3.63, 3.8) is 0 Å². The standard InChI is InChI=1S/C30H41N3O7S/c1-20-17-33(21(2)19-34)41(37,38)28-11-10-25(22-6-8-23(9-7-22)29(35)31(3)4)16-26(28)40-27(20)18-32(5)30(36)24-12-14-39-15-13-24/h6-11,16,20-21,24,27,34H,12-15,17-19H2,1-5H3/t20-,21-,27+/m0/s1. The third-order valence-electron chi connectivity index (χ3n) is 7.94. The van der Waals surface area contributed by atoms with Gasteiger partial charge in [0.1, 0.15) is 16.7 Å². The van der Waals surface area contributed by atoms with E-state index in [1.165, 1.54) is 15.3 Å². The van der Waals surface area contributed by atoms with E-state index in [9.17, 15) is 23.1 Å². The van der Waals surface area contributed by atoms with E-state index >= 15 is 0 Å². The van der Waals surface area contributed by atoms with Crippen LogP contribution in [-0.2, 0) is 19.6 Å². The Kier molecular flexibility index (Phi) is 9.73. The van der Waals surface area contributed by atoms with E-state index in [0.29, 0.717) is 31.6 Å². The van der Waals surface area contributed by atoms with Gasteiger partial charge in [-0.25, -0.2) is 8.42 Å². The molecule has 0 bridgehead atoms. The number of aliphatic hydroxyl groups is 1. The van der Waals surface area contributed by atoms with Gasteiger partial charge in [-0.2, -0.15) is 4.31 Å². The summed E-state index contributed by atoms with van der Waals surface area (Å²) in [5, 5.41) is 9.90. The number of carbonyl (C=O) groups excluding carboxylic acids is 2. The summed E-state index contributed by atoms with van der Waals surface area (Å²) < 4.78 is 40.8. The number of likely N-dealkylation sites (N-methyl/N-ethyl adjacent to an activating group) is 1. The van der Waals surface area contributed by atoms with Crippen LogP contribution in [0.25, 0.3) is 11.1 Å². The Hall–Kier alpha value is -2.99. The summed E-state index contributed by atoms with van der Waals surface area (Å²) in [6, 6.07) is 11.4. The fourth-order valence-electron chi connectivity index (χ4n) is 5.30. The molecule has 2 amide bonds. The van der Waals surface area contributed by atoms with Gasteiger partial charge < -0.3 is 24.4 Å². The van der Waals surface area contributed by atoms with Gasteiger partial charge in [0, 0.05) is 64.3 Å². The van der Waals surface area contributed by atoms with Crippen LogP contribution < -0.4 is 4.74 Å². The van der Waals surface area contributed by atoms with Gasteiger partial charge in [0.05, 0.1) is 13.2 Å². The molecule has 2 aliphatic heterocycles. The van der Waals surface area contributed by atoms with E-state index in [0.717, 1.165) is 11.1 Å². The van der Waals surface area contributed by atoms with Gasteiger partial charge in [0.2, 0.25) is 15.9 Å². The number of hydrogen-bond acceptors (Lipinski definition) is 7. The zero-order valence-electron chi connectivity index (χ0n) is 24.4. The fourth-order valence-corrected chi connectivity index (χ4v) is 7.13. The molecule has 0 saturated carbocycles. The van der Waals surface area contributed by atoms with Crippen molar-refractivity contribution in [1.29, 1.82) is 0 Å². The summed E-state index contributed by atoms with van der Waals surface area (Å²) in [6.45, 7) is 4.79. The Balaban J connectivity index is 1.70. The zero-order valence-corrected chi connectivity index (χ0v) is 25.3. The van der Waals surface area contributed by atoms with Gasteiger partial charge in [-0.15, -0.1) is 0 Å². The van der Waals surface area contributed by atoms with Crippen LogP contribution in [-0.4, -0.2) is 106 Å². The topological polar surface area (TPSA) is 117 Å². The summed E-state index contributed by atoms with van der Waals surface area (Å²) >= 11 is 0. The molecule has 2 heterocycles. The number of nitrogens with zero attached hydrogens (tertiary/aromatic N) is 3. The van der Waals surface area contributed by atoms with Crippen molar-refractivity contribution >= 4 is 21.8 Å². The molecule has 2 aliphatic rings. The van der Waals surface area contributed by atoms with Crippen molar-refractivity contribution < 1.29 is 32.6 Å². The minimum Gasteiger partial charge on any atom is -0.487 e. The van der Waals surface area contributed by atoms with E-state index in [4.69, 9.17) is 9.47 Å². The first kappa shape index (κ1) is 31.0. The number of sulfonamides is 1. The predicted octanol–water partition coefficient (Wildman–Crippen LogP) is 2.71. The molecule has 224 valence electrons. The molecular formula is C30H41N3O7S. The maximum absolute atomic E-state index is 13.8. The lowest BCUT2D eigenvalue weighted by Crippen LogP contribution is -2.50. The smallest absolute Gasteiger partial charge is 0.253 e. The number of benzene rings is 2. The average molecular weight is 588 g/mol. The van der Waals surface area contributed by atoms with Crippen molar-refractivity contribution in [2.75, 3.05) is 54.1 Å². The van der Waals surface area contributed by atoms with E-state index in [-0.39, 0.29) is 54.0 Å². The Labute approximate surface area is 242 Å². The van der Waals surface area contributed by atoms with Crippen molar-refractivity contribution in [3.8, 4) is 16.9 Å². The molecule has 3 atom stereocenters. The van der Waals surface area contributed by atoms with Crippen molar-refractivity contribution in [3.05, 3.63) is 48.0 Å². The lowest BCUT2D eigenvalue weighted by atomic mass is 9.97. The van der Waals surface area contributed by atoms with E-state index < -0.39 is 22.2 Å². The van der Waals surface area contributed by atoms with Gasteiger partial charge in [-0.3, -0.25) is 9.59 Å². The summed E-state index contributed by atoms with van der Waals surface area (Å²) in [5.74, 6) is -0.282. The highest BCUT2D eigenvalue weighted by molar-refractivity contribution is 7.89. The lowest BCUT2D eigenvalue weighted by Gasteiger charge is -2.38. The van der Waals surface area contributed by atoms with Crippen LogP contribution in [0, 0.1) is 11.8 Å². The minimum absolute atomic E-state index is 0.0104. The van der Waals surface area contributed by atoms with Crippen LogP contribution >= 0.6 is 0 Å². The van der Waals surface area contributed by atoms with Crippen LogP contribution in [0.3, 0.4) is 0 Å². The van der Waals surface area contributed by atoms with Crippen LogP contribution in [0.2, 0.25) is 0 Å². The summed E-state index contributed by atoms with van der Waals surface area (Å²) in [7, 11) is 1.14. The van der Waals surface area contributed by atoms with Crippen LogP contribution in [0.5, 0.6) is 5.75 Å². The van der Waals surface area contributed by atoms with E-state index in [1.807, 2.05) is 19.1 Å². The largest absolute Gasteiger partial charge is 0.487 e. The third kappa shape index (κ3) is 6.74. The van der Waals surface area contributed by atoms with Gasteiger partial charge in [-0.05, 0) is 55.2 Å². The van der Waals surface area contributed by atoms with Crippen molar-refractivity contribution in [2.45, 2.75) is 43.7 Å². The van der Waals surface area contributed by atoms with E-state index in [2.05, 4.69) is 0 Å². The lowest BCUT2D eigenvalue weighted by molar-refractivity contribution is -0.138. The number of aliphatic hydroxyl groups excluding tert-OH is 1. The highest BCUT2D eigenvalue weighted by atomic mass is 32.2. The Bertz CT molecular complexity index is 1340. The quantitative estimate of drug-likeness (QED) is 0.530. The number of carbonyl (C=O) groups is 2. The average Bonchev–Trinajstić information content (AvgIpc) is 2.97. The first-order valence-electron chi connectivity index (χ1n) is 14.0. The van der Waals surface area contributed by atoms with Gasteiger partial charge in [0.25, 0.3) is 5.91 Å². The number of ether oxygens (including phenoxy) is 2. The molecule has 10 nitrogen and oxygen atoms in total. The minimum atomic E-state index is -3.99. The van der Waals surface area contributed by atoms with Gasteiger partial charge >= 0.3 is 0 Å². The number of fused-ring (bicyclic) bond motifs is 1. The Morgan fingerprint density at radius 2 is 1.68 bits per heavy atom. The summed E-state index contributed by atoms with van der Waals surface area (Å²) in [5.41, 5.74) is 2.06. The number of rotatable bonds is 7. The van der Waals surface area contributed by atoms with Gasteiger partial charge in [0.15, 0.2) is 0 Å². The summed E-state index contributed by atoms with van der Waals surface area (Å²) in [4.78, 5) is 28.7. The number of amides is 2. The second-order valence-electron chi connectivity index (χ2n) is 11.3. The van der Waals surface area contributed by atoms with Crippen LogP contribution in [0.4, 0.5) is 0 Å². The second kappa shape index (κ2) is 12.9. The normalized spacial score (nSPS) is 22.0. The molecular weight excluding hydrogens is 546 g/mol. The Morgan fingerprint density at radius 1 is 1.05 bits per heavy atom. The molecule has 4 rings (SSSR count). The molecule has 0 spiro atoms. The molecule has 1 N–H and O–H groups in total. The second-order valence-corrected chi connectivity index (χ2v) is 13.1. The molecule has 0 unspecified atom stereocenters. The summed E-state index contributed by atoms with van der Waals surface area (Å²) in [6.07, 6.45) is 0.854. The van der Waals surface area contributed by atoms with E-state index in [1.54, 1.807) is 57.2 Å². The molecule has 1 fully saturated rings. The molecule has 11 heteroatoms. The van der Waals surface area contributed by atoms with Crippen LogP contribution in [0.1, 0.15) is 37.0 Å². The van der Waals surface area contributed by atoms with Crippen molar-refractivity contribution in [1.82, 2.24) is 14.1 Å². The fraction of sp³-hybridized carbons (Fsp3) is 0.533. The third-order valence-corrected chi connectivity index (χ3v) is 9.96. The SMILES string of the molecule is C[C@H]1CN([C@@H](C)CO)S(=O)(=O)c2ccc(-c3ccc(C(=O)N(C)C)cc3)cc2O[C@@H]1CN(C)C(=O)C1CCOCC1. The monoisotopic (exact) mass is 587 g/mol. The number of hydrogen-bond donors (Lipinski definition) is 1. The zero-order chi connectivity index (χ0) is 29.9. The molecule has 41 heavy (non-hydrogen) atoms. The molecule has 1 saturated heterocycles. The Morgan fingerprint density at radius 3 is 2.29 bits per heavy atom. The van der Waals surface area contributed by atoms with Gasteiger partial charge in [-0.1, -0.05) is 25.1 Å². The highest BCUT2D eigenvalue weighted by Crippen LogP contribution is 2.37. The maximum atomic E-state index is 13.8.